The Bertz CT molecular complexity index is 933. The summed E-state index contributed by atoms with van der Waals surface area (Å²) in [7, 11) is 2.27. The van der Waals surface area contributed by atoms with Crippen molar-refractivity contribution in [2.75, 3.05) is 7.05 Å². The molecule has 2 heterocycles. The smallest absolute Gasteiger partial charge is 0.0486 e. The quantitative estimate of drug-likeness (QED) is 0.613. The zero-order valence-electron chi connectivity index (χ0n) is 16.7. The van der Waals surface area contributed by atoms with Crippen LogP contribution in [-0.4, -0.2) is 22.6 Å². The van der Waals surface area contributed by atoms with E-state index >= 15 is 0 Å². The second-order valence-corrected chi connectivity index (χ2v) is 8.16. The fourth-order valence-corrected chi connectivity index (χ4v) is 4.49. The molecule has 1 aliphatic rings. The SMILES string of the molecule is Cc1ccc(CCn2c3c(c4cc(C)ccc42)C(C)N(C)C(C)C3)cc1. The Hall–Kier alpha value is -2.06. The third kappa shape index (κ3) is 2.87. The molecule has 4 rings (SSSR count). The van der Waals surface area contributed by atoms with E-state index in [-0.39, 0.29) is 0 Å². The van der Waals surface area contributed by atoms with Crippen molar-refractivity contribution in [1.29, 1.82) is 0 Å². The van der Waals surface area contributed by atoms with E-state index in [1.165, 1.54) is 27.6 Å². The lowest BCUT2D eigenvalue weighted by molar-refractivity contribution is 0.177. The molecule has 2 unspecified atom stereocenters. The maximum Gasteiger partial charge on any atom is 0.0486 e. The minimum absolute atomic E-state index is 0.471. The summed E-state index contributed by atoms with van der Waals surface area (Å²) in [5.74, 6) is 0. The topological polar surface area (TPSA) is 8.17 Å². The largest absolute Gasteiger partial charge is 0.344 e. The van der Waals surface area contributed by atoms with E-state index in [1.54, 1.807) is 11.3 Å². The number of aromatic nitrogens is 1. The van der Waals surface area contributed by atoms with Crippen LogP contribution in [0.25, 0.3) is 10.9 Å². The van der Waals surface area contributed by atoms with Crippen LogP contribution >= 0.6 is 0 Å². The molecule has 0 saturated heterocycles. The molecule has 136 valence electrons. The van der Waals surface area contributed by atoms with Crippen molar-refractivity contribution in [3.05, 3.63) is 70.4 Å². The first-order chi connectivity index (χ1) is 12.5. The van der Waals surface area contributed by atoms with Gasteiger partial charge in [0.25, 0.3) is 0 Å². The maximum atomic E-state index is 2.60. The Morgan fingerprint density at radius 2 is 1.65 bits per heavy atom. The van der Waals surface area contributed by atoms with Crippen molar-refractivity contribution in [2.24, 2.45) is 0 Å². The summed E-state index contributed by atoms with van der Waals surface area (Å²) in [5, 5.41) is 1.45. The molecule has 0 bridgehead atoms. The number of aryl methyl sites for hydroxylation is 4. The molecule has 2 atom stereocenters. The van der Waals surface area contributed by atoms with E-state index in [1.807, 2.05) is 0 Å². The van der Waals surface area contributed by atoms with Crippen molar-refractivity contribution < 1.29 is 0 Å². The Morgan fingerprint density at radius 3 is 2.38 bits per heavy atom. The van der Waals surface area contributed by atoms with E-state index < -0.39 is 0 Å². The first-order valence-corrected chi connectivity index (χ1v) is 9.85. The van der Waals surface area contributed by atoms with Gasteiger partial charge in [-0.2, -0.15) is 0 Å². The number of nitrogens with zero attached hydrogens (tertiary/aromatic N) is 2. The third-order valence-corrected chi connectivity index (χ3v) is 6.33. The number of likely N-dealkylation sites (N-methyl/N-ethyl adjacent to an activating group) is 1. The molecule has 26 heavy (non-hydrogen) atoms. The highest BCUT2D eigenvalue weighted by Gasteiger charge is 2.31. The molecule has 1 aliphatic heterocycles. The summed E-state index contributed by atoms with van der Waals surface area (Å²) < 4.78 is 2.60. The summed E-state index contributed by atoms with van der Waals surface area (Å²) in [6, 6.07) is 17.0. The lowest BCUT2D eigenvalue weighted by Crippen LogP contribution is -2.38. The highest BCUT2D eigenvalue weighted by Crippen LogP contribution is 2.39. The van der Waals surface area contributed by atoms with Crippen LogP contribution in [-0.2, 0) is 19.4 Å². The summed E-state index contributed by atoms with van der Waals surface area (Å²) in [6.45, 7) is 10.1. The monoisotopic (exact) mass is 346 g/mol. The zero-order valence-corrected chi connectivity index (χ0v) is 16.7. The third-order valence-electron chi connectivity index (χ3n) is 6.33. The van der Waals surface area contributed by atoms with Crippen LogP contribution in [0.15, 0.2) is 42.5 Å². The lowest BCUT2D eigenvalue weighted by Gasteiger charge is -2.37. The predicted octanol–water partition coefficient (Wildman–Crippen LogP) is 5.44. The number of hydrogen-bond donors (Lipinski definition) is 0. The molecular weight excluding hydrogens is 316 g/mol. The van der Waals surface area contributed by atoms with E-state index in [0.29, 0.717) is 12.1 Å². The number of hydrogen-bond acceptors (Lipinski definition) is 1. The highest BCUT2D eigenvalue weighted by atomic mass is 15.2. The average molecular weight is 347 g/mol. The van der Waals surface area contributed by atoms with Crippen LogP contribution in [0.5, 0.6) is 0 Å². The van der Waals surface area contributed by atoms with E-state index in [2.05, 4.69) is 86.7 Å². The lowest BCUT2D eigenvalue weighted by atomic mass is 9.93. The number of rotatable bonds is 3. The predicted molar refractivity (Wildman–Crippen MR) is 111 cm³/mol. The van der Waals surface area contributed by atoms with Gasteiger partial charge >= 0.3 is 0 Å². The number of fused-ring (bicyclic) bond motifs is 3. The van der Waals surface area contributed by atoms with Gasteiger partial charge in [-0.15, -0.1) is 0 Å². The molecule has 0 fully saturated rings. The van der Waals surface area contributed by atoms with Crippen LogP contribution in [0, 0.1) is 13.8 Å². The normalized spacial score (nSPS) is 20.5. The molecule has 0 N–H and O–H groups in total. The minimum atomic E-state index is 0.471. The van der Waals surface area contributed by atoms with Gasteiger partial charge in [-0.25, -0.2) is 0 Å². The Balaban J connectivity index is 1.79. The summed E-state index contributed by atoms with van der Waals surface area (Å²) in [6.07, 6.45) is 2.22. The second-order valence-electron chi connectivity index (χ2n) is 8.16. The van der Waals surface area contributed by atoms with Crippen molar-refractivity contribution in [3.8, 4) is 0 Å². The van der Waals surface area contributed by atoms with Crippen LogP contribution in [0.4, 0.5) is 0 Å². The van der Waals surface area contributed by atoms with Gasteiger partial charge in [-0.1, -0.05) is 41.5 Å². The first-order valence-electron chi connectivity index (χ1n) is 9.85. The molecular formula is C24H30N2. The fraction of sp³-hybridized carbons (Fsp3) is 0.417. The molecule has 3 aromatic rings. The number of benzene rings is 2. The van der Waals surface area contributed by atoms with E-state index in [9.17, 15) is 0 Å². The molecule has 1 aromatic heterocycles. The maximum absolute atomic E-state index is 2.60. The molecule has 0 amide bonds. The fourth-order valence-electron chi connectivity index (χ4n) is 4.49. The molecule has 2 heteroatoms. The van der Waals surface area contributed by atoms with E-state index in [4.69, 9.17) is 0 Å². The average Bonchev–Trinajstić information content (AvgIpc) is 2.92. The van der Waals surface area contributed by atoms with Gasteiger partial charge in [0.05, 0.1) is 0 Å². The van der Waals surface area contributed by atoms with Gasteiger partial charge in [-0.05, 0) is 64.4 Å². The van der Waals surface area contributed by atoms with Crippen LogP contribution in [0.3, 0.4) is 0 Å². The summed E-state index contributed by atoms with van der Waals surface area (Å²) in [4.78, 5) is 2.52. The van der Waals surface area contributed by atoms with Crippen molar-refractivity contribution in [2.45, 2.75) is 59.2 Å². The van der Waals surface area contributed by atoms with E-state index in [0.717, 1.165) is 19.4 Å². The van der Waals surface area contributed by atoms with Crippen LogP contribution in [0.2, 0.25) is 0 Å². The highest BCUT2D eigenvalue weighted by molar-refractivity contribution is 5.87. The van der Waals surface area contributed by atoms with Crippen molar-refractivity contribution >= 4 is 10.9 Å². The van der Waals surface area contributed by atoms with Gasteiger partial charge in [0.2, 0.25) is 0 Å². The summed E-state index contributed by atoms with van der Waals surface area (Å²) in [5.41, 5.74) is 8.61. The molecule has 0 spiro atoms. The standard InChI is InChI=1S/C24H30N2/c1-16-6-9-20(10-7-16)12-13-26-22-11-8-17(2)14-21(22)24-19(4)25(5)18(3)15-23(24)26/h6-11,14,18-19H,12-13,15H2,1-5H3. The Morgan fingerprint density at radius 1 is 0.962 bits per heavy atom. The minimum Gasteiger partial charge on any atom is -0.344 e. The van der Waals surface area contributed by atoms with Gasteiger partial charge < -0.3 is 4.57 Å². The second kappa shape index (κ2) is 6.59. The van der Waals surface area contributed by atoms with Crippen molar-refractivity contribution in [3.63, 3.8) is 0 Å². The van der Waals surface area contributed by atoms with Gasteiger partial charge in [0, 0.05) is 41.6 Å². The molecule has 2 nitrogen and oxygen atoms in total. The summed E-state index contributed by atoms with van der Waals surface area (Å²) >= 11 is 0. The molecule has 0 radical (unpaired) electrons. The zero-order chi connectivity index (χ0) is 18.4. The Labute approximate surface area is 157 Å². The molecule has 0 saturated carbocycles. The van der Waals surface area contributed by atoms with Gasteiger partial charge in [-0.3, -0.25) is 4.90 Å². The van der Waals surface area contributed by atoms with Gasteiger partial charge in [0.1, 0.15) is 0 Å². The van der Waals surface area contributed by atoms with Gasteiger partial charge in [0.15, 0.2) is 0 Å². The molecule has 0 aliphatic carbocycles. The molecule has 2 aromatic carbocycles. The van der Waals surface area contributed by atoms with Crippen molar-refractivity contribution in [1.82, 2.24) is 9.47 Å². The first kappa shape index (κ1) is 17.4. The van der Waals surface area contributed by atoms with Crippen LogP contribution in [0.1, 0.15) is 47.8 Å². The Kier molecular flexibility index (Phi) is 4.40. The van der Waals surface area contributed by atoms with Crippen LogP contribution < -0.4 is 0 Å².